The van der Waals surface area contributed by atoms with Crippen LogP contribution in [0.15, 0.2) is 42.9 Å². The molecule has 1 aromatic carbocycles. The average molecular weight is 425 g/mol. The molecule has 0 aliphatic carbocycles. The van der Waals surface area contributed by atoms with Gasteiger partial charge >= 0.3 is 0 Å². The number of hydrogen-bond acceptors (Lipinski definition) is 6. The number of nitrogens with one attached hydrogen (secondary N) is 2. The number of benzene rings is 1. The highest BCUT2D eigenvalue weighted by molar-refractivity contribution is 6.07. The molecule has 0 bridgehead atoms. The minimum Gasteiger partial charge on any atom is -0.366 e. The van der Waals surface area contributed by atoms with Crippen molar-refractivity contribution in [3.8, 4) is 0 Å². The molecule has 31 heavy (non-hydrogen) atoms. The molecule has 0 saturated heterocycles. The number of carbonyl (C=O) groups excluding carboxylic acids is 1. The number of amides is 1. The molecule has 1 unspecified atom stereocenters. The number of anilines is 2. The predicted molar refractivity (Wildman–Crippen MR) is 122 cm³/mol. The van der Waals surface area contributed by atoms with Crippen molar-refractivity contribution in [1.82, 2.24) is 19.9 Å². The number of rotatable bonds is 10. The SMILES string of the molecule is CCN(CC)CCCC(C)Nc1cnc(C(=O)Nc2cc(F)cc3cccnc23)cn1. The van der Waals surface area contributed by atoms with E-state index in [0.29, 0.717) is 22.4 Å². The summed E-state index contributed by atoms with van der Waals surface area (Å²) < 4.78 is 13.9. The molecule has 3 rings (SSSR count). The monoisotopic (exact) mass is 424 g/mol. The summed E-state index contributed by atoms with van der Waals surface area (Å²) in [5, 5.41) is 6.61. The molecule has 2 heterocycles. The molecule has 3 aromatic rings. The van der Waals surface area contributed by atoms with Gasteiger partial charge in [0.05, 0.1) is 23.6 Å². The van der Waals surface area contributed by atoms with E-state index in [1.807, 2.05) is 0 Å². The van der Waals surface area contributed by atoms with E-state index in [4.69, 9.17) is 0 Å². The first kappa shape index (κ1) is 22.6. The van der Waals surface area contributed by atoms with Crippen LogP contribution in [-0.2, 0) is 0 Å². The van der Waals surface area contributed by atoms with Crippen LogP contribution < -0.4 is 10.6 Å². The van der Waals surface area contributed by atoms with Gasteiger partial charge in [-0.1, -0.05) is 19.9 Å². The summed E-state index contributed by atoms with van der Waals surface area (Å²) in [6.45, 7) is 9.65. The maximum Gasteiger partial charge on any atom is 0.275 e. The minimum absolute atomic E-state index is 0.146. The zero-order valence-electron chi connectivity index (χ0n) is 18.2. The van der Waals surface area contributed by atoms with Crippen LogP contribution in [0.25, 0.3) is 10.9 Å². The first-order valence-electron chi connectivity index (χ1n) is 10.7. The van der Waals surface area contributed by atoms with Crippen molar-refractivity contribution >= 4 is 28.3 Å². The van der Waals surface area contributed by atoms with E-state index in [9.17, 15) is 9.18 Å². The smallest absolute Gasteiger partial charge is 0.275 e. The van der Waals surface area contributed by atoms with Gasteiger partial charge in [0, 0.05) is 17.6 Å². The molecule has 8 heteroatoms. The van der Waals surface area contributed by atoms with E-state index >= 15 is 0 Å². The average Bonchev–Trinajstić information content (AvgIpc) is 2.77. The van der Waals surface area contributed by atoms with Crippen molar-refractivity contribution < 1.29 is 9.18 Å². The van der Waals surface area contributed by atoms with Crippen LogP contribution in [0.3, 0.4) is 0 Å². The van der Waals surface area contributed by atoms with E-state index in [1.54, 1.807) is 18.3 Å². The van der Waals surface area contributed by atoms with Gasteiger partial charge in [-0.05, 0) is 57.6 Å². The topological polar surface area (TPSA) is 83.0 Å². The van der Waals surface area contributed by atoms with Gasteiger partial charge in [0.2, 0.25) is 0 Å². The van der Waals surface area contributed by atoms with Gasteiger partial charge in [-0.3, -0.25) is 9.78 Å². The minimum atomic E-state index is -0.469. The van der Waals surface area contributed by atoms with Crippen molar-refractivity contribution in [1.29, 1.82) is 0 Å². The lowest BCUT2D eigenvalue weighted by molar-refractivity contribution is 0.102. The molecular weight excluding hydrogens is 395 g/mol. The summed E-state index contributed by atoms with van der Waals surface area (Å²) in [5.41, 5.74) is 0.960. The number of carbonyl (C=O) groups is 1. The summed E-state index contributed by atoms with van der Waals surface area (Å²) in [4.78, 5) is 27.7. The third kappa shape index (κ3) is 6.18. The Morgan fingerprint density at radius 1 is 1.16 bits per heavy atom. The molecule has 2 aromatic heterocycles. The zero-order chi connectivity index (χ0) is 22.2. The molecule has 2 N–H and O–H groups in total. The van der Waals surface area contributed by atoms with Crippen LogP contribution in [-0.4, -0.2) is 51.4 Å². The Bertz CT molecular complexity index is 1010. The highest BCUT2D eigenvalue weighted by atomic mass is 19.1. The molecular formula is C23H29FN6O. The molecule has 0 radical (unpaired) electrons. The van der Waals surface area contributed by atoms with Crippen LogP contribution in [0.4, 0.5) is 15.9 Å². The van der Waals surface area contributed by atoms with Gasteiger partial charge in [-0.25, -0.2) is 14.4 Å². The highest BCUT2D eigenvalue weighted by Gasteiger charge is 2.13. The summed E-state index contributed by atoms with van der Waals surface area (Å²) in [5.74, 6) is -0.301. The summed E-state index contributed by atoms with van der Waals surface area (Å²) in [6.07, 6.45) is 6.66. The lowest BCUT2D eigenvalue weighted by Gasteiger charge is -2.20. The fraction of sp³-hybridized carbons (Fsp3) is 0.391. The Morgan fingerprint density at radius 2 is 1.97 bits per heavy atom. The largest absolute Gasteiger partial charge is 0.366 e. The zero-order valence-corrected chi connectivity index (χ0v) is 18.2. The van der Waals surface area contributed by atoms with Crippen molar-refractivity contribution in [2.45, 2.75) is 39.7 Å². The third-order valence-electron chi connectivity index (χ3n) is 5.20. The lowest BCUT2D eigenvalue weighted by Crippen LogP contribution is -2.25. The van der Waals surface area contributed by atoms with Crippen LogP contribution in [0.1, 0.15) is 44.1 Å². The summed E-state index contributed by atoms with van der Waals surface area (Å²) in [7, 11) is 0. The van der Waals surface area contributed by atoms with Crippen molar-refractivity contribution in [3.63, 3.8) is 0 Å². The Morgan fingerprint density at radius 3 is 2.68 bits per heavy atom. The maximum atomic E-state index is 13.9. The molecule has 1 amide bonds. The molecule has 0 spiro atoms. The molecule has 0 saturated carbocycles. The third-order valence-corrected chi connectivity index (χ3v) is 5.20. The van der Waals surface area contributed by atoms with Gasteiger partial charge in [-0.2, -0.15) is 0 Å². The van der Waals surface area contributed by atoms with Gasteiger partial charge in [-0.15, -0.1) is 0 Å². The first-order valence-corrected chi connectivity index (χ1v) is 10.7. The van der Waals surface area contributed by atoms with E-state index in [1.165, 1.54) is 24.5 Å². The second-order valence-corrected chi connectivity index (χ2v) is 7.48. The standard InChI is InChI=1S/C23H29FN6O/c1-4-30(5-2)11-7-8-16(3)28-21-15-26-20(14-27-21)23(31)29-19-13-18(24)12-17-9-6-10-25-22(17)19/h6,9-10,12-16H,4-5,7-8,11H2,1-3H3,(H,27,28)(H,29,31). The van der Waals surface area contributed by atoms with Gasteiger partial charge in [0.1, 0.15) is 17.3 Å². The fourth-order valence-electron chi connectivity index (χ4n) is 3.44. The van der Waals surface area contributed by atoms with Crippen LogP contribution in [0, 0.1) is 5.82 Å². The second-order valence-electron chi connectivity index (χ2n) is 7.48. The van der Waals surface area contributed by atoms with Gasteiger partial charge < -0.3 is 15.5 Å². The van der Waals surface area contributed by atoms with E-state index in [0.717, 1.165) is 32.5 Å². The Kier molecular flexibility index (Phi) is 7.83. The van der Waals surface area contributed by atoms with Crippen LogP contribution >= 0.6 is 0 Å². The highest BCUT2D eigenvalue weighted by Crippen LogP contribution is 2.23. The second kappa shape index (κ2) is 10.8. The molecule has 164 valence electrons. The molecule has 0 fully saturated rings. The Hall–Kier alpha value is -3.13. The number of aromatic nitrogens is 3. The van der Waals surface area contributed by atoms with Crippen molar-refractivity contribution in [3.05, 3.63) is 54.4 Å². The van der Waals surface area contributed by atoms with Gasteiger partial charge in [0.25, 0.3) is 5.91 Å². The number of pyridine rings is 1. The first-order chi connectivity index (χ1) is 15.0. The fourth-order valence-corrected chi connectivity index (χ4v) is 3.44. The maximum absolute atomic E-state index is 13.9. The number of nitrogens with zero attached hydrogens (tertiary/aromatic N) is 4. The van der Waals surface area contributed by atoms with Gasteiger partial charge in [0.15, 0.2) is 0 Å². The van der Waals surface area contributed by atoms with Crippen molar-refractivity contribution in [2.24, 2.45) is 0 Å². The number of hydrogen-bond donors (Lipinski definition) is 2. The normalized spacial score (nSPS) is 12.2. The van der Waals surface area contributed by atoms with E-state index < -0.39 is 11.7 Å². The quantitative estimate of drug-likeness (QED) is 0.504. The number of fused-ring (bicyclic) bond motifs is 1. The van der Waals surface area contributed by atoms with Crippen LogP contribution in [0.2, 0.25) is 0 Å². The summed E-state index contributed by atoms with van der Waals surface area (Å²) in [6, 6.07) is 6.33. The van der Waals surface area contributed by atoms with Crippen LogP contribution in [0.5, 0.6) is 0 Å². The summed E-state index contributed by atoms with van der Waals surface area (Å²) >= 11 is 0. The van der Waals surface area contributed by atoms with E-state index in [2.05, 4.69) is 51.3 Å². The molecule has 1 atom stereocenters. The van der Waals surface area contributed by atoms with Crippen molar-refractivity contribution in [2.75, 3.05) is 30.3 Å². The van der Waals surface area contributed by atoms with E-state index in [-0.39, 0.29) is 11.7 Å². The number of halogens is 1. The lowest BCUT2D eigenvalue weighted by atomic mass is 10.1. The molecule has 0 aliphatic heterocycles. The molecule has 7 nitrogen and oxygen atoms in total. The predicted octanol–water partition coefficient (Wildman–Crippen LogP) is 4.34. The Labute approximate surface area is 182 Å². The Balaban J connectivity index is 1.58. The molecule has 0 aliphatic rings.